The summed E-state index contributed by atoms with van der Waals surface area (Å²) in [5.41, 5.74) is 0.823. The van der Waals surface area contributed by atoms with E-state index < -0.39 is 24.7 Å². The van der Waals surface area contributed by atoms with E-state index in [0.717, 1.165) is 0 Å². The molecule has 0 unspecified atom stereocenters. The molecule has 10 heteroatoms. The number of carbonyl (C=O) groups excluding carboxylic acids is 1. The number of halogens is 3. The van der Waals surface area contributed by atoms with Gasteiger partial charge in [0.05, 0.1) is 6.61 Å². The topological polar surface area (TPSA) is 97.5 Å². The SMILES string of the molecule is CC(F)(F)Oc1ccc(-c2noc([C@H](CO)NC(=O)c3ccc(Cl)cc3)n2)cc1. The van der Waals surface area contributed by atoms with E-state index in [0.29, 0.717) is 23.1 Å². The third-order valence-electron chi connectivity index (χ3n) is 3.74. The molecule has 0 fully saturated rings. The highest BCUT2D eigenvalue weighted by atomic mass is 35.5. The molecule has 3 aromatic rings. The Kier molecular flexibility index (Phi) is 6.09. The van der Waals surface area contributed by atoms with Crippen LogP contribution >= 0.6 is 11.6 Å². The van der Waals surface area contributed by atoms with Gasteiger partial charge < -0.3 is 19.7 Å². The highest BCUT2D eigenvalue weighted by Crippen LogP contribution is 2.25. The minimum absolute atomic E-state index is 0.00904. The van der Waals surface area contributed by atoms with E-state index in [9.17, 15) is 18.7 Å². The van der Waals surface area contributed by atoms with E-state index in [-0.39, 0.29) is 17.5 Å². The van der Waals surface area contributed by atoms with Gasteiger partial charge in [-0.05, 0) is 48.5 Å². The molecular weight excluding hydrogens is 408 g/mol. The van der Waals surface area contributed by atoms with Crippen LogP contribution in [-0.2, 0) is 0 Å². The van der Waals surface area contributed by atoms with Gasteiger partial charge >= 0.3 is 6.11 Å². The molecule has 3 rings (SSSR count). The molecule has 0 bridgehead atoms. The number of hydrogen-bond donors (Lipinski definition) is 2. The fraction of sp³-hybridized carbons (Fsp3) is 0.211. The van der Waals surface area contributed by atoms with Crippen molar-refractivity contribution in [2.24, 2.45) is 0 Å². The number of nitrogens with zero attached hydrogens (tertiary/aromatic N) is 2. The van der Waals surface area contributed by atoms with Crippen LogP contribution in [0.4, 0.5) is 8.78 Å². The lowest BCUT2D eigenvalue weighted by Gasteiger charge is -2.12. The van der Waals surface area contributed by atoms with Gasteiger partial charge in [-0.25, -0.2) is 0 Å². The van der Waals surface area contributed by atoms with Crippen LogP contribution < -0.4 is 10.1 Å². The molecule has 29 heavy (non-hydrogen) atoms. The Morgan fingerprint density at radius 2 is 1.90 bits per heavy atom. The molecule has 0 spiro atoms. The van der Waals surface area contributed by atoms with E-state index in [4.69, 9.17) is 16.1 Å². The molecule has 7 nitrogen and oxygen atoms in total. The van der Waals surface area contributed by atoms with Crippen LogP contribution in [0.5, 0.6) is 5.75 Å². The van der Waals surface area contributed by atoms with Gasteiger partial charge in [-0.1, -0.05) is 16.8 Å². The van der Waals surface area contributed by atoms with Gasteiger partial charge in [0.15, 0.2) is 0 Å². The maximum atomic E-state index is 12.9. The number of carbonyl (C=O) groups is 1. The molecular formula is C19H16ClF2N3O4. The molecule has 1 amide bonds. The first-order valence-electron chi connectivity index (χ1n) is 8.43. The second-order valence-electron chi connectivity index (χ2n) is 6.11. The number of benzene rings is 2. The number of aliphatic hydroxyl groups is 1. The van der Waals surface area contributed by atoms with Crippen molar-refractivity contribution in [3.63, 3.8) is 0 Å². The summed E-state index contributed by atoms with van der Waals surface area (Å²) >= 11 is 5.80. The number of alkyl halides is 2. The fourth-order valence-electron chi connectivity index (χ4n) is 2.40. The van der Waals surface area contributed by atoms with Gasteiger partial charge in [0.1, 0.15) is 11.8 Å². The quantitative estimate of drug-likeness (QED) is 0.599. The van der Waals surface area contributed by atoms with Crippen molar-refractivity contribution >= 4 is 17.5 Å². The lowest BCUT2D eigenvalue weighted by Crippen LogP contribution is -2.31. The fourth-order valence-corrected chi connectivity index (χ4v) is 2.53. The summed E-state index contributed by atoms with van der Waals surface area (Å²) in [7, 11) is 0. The Morgan fingerprint density at radius 3 is 2.48 bits per heavy atom. The zero-order valence-electron chi connectivity index (χ0n) is 15.1. The normalized spacial score (nSPS) is 12.4. The third-order valence-corrected chi connectivity index (χ3v) is 4.00. The Bertz CT molecular complexity index is 972. The van der Waals surface area contributed by atoms with Crippen LogP contribution in [-0.4, -0.2) is 33.9 Å². The van der Waals surface area contributed by atoms with E-state index >= 15 is 0 Å². The molecule has 152 valence electrons. The highest BCUT2D eigenvalue weighted by molar-refractivity contribution is 6.30. The van der Waals surface area contributed by atoms with Crippen molar-refractivity contribution in [1.29, 1.82) is 0 Å². The maximum absolute atomic E-state index is 12.9. The van der Waals surface area contributed by atoms with Crippen LogP contribution in [0.3, 0.4) is 0 Å². The summed E-state index contributed by atoms with van der Waals surface area (Å²) in [4.78, 5) is 16.5. The van der Waals surface area contributed by atoms with E-state index in [2.05, 4.69) is 20.2 Å². The van der Waals surface area contributed by atoms with Crippen molar-refractivity contribution in [3.05, 3.63) is 65.0 Å². The van der Waals surface area contributed by atoms with Gasteiger partial charge in [-0.15, -0.1) is 0 Å². The van der Waals surface area contributed by atoms with Gasteiger partial charge in [0, 0.05) is 23.1 Å². The molecule has 2 N–H and O–H groups in total. The van der Waals surface area contributed by atoms with E-state index in [1.807, 2.05) is 0 Å². The summed E-state index contributed by atoms with van der Waals surface area (Å²) < 4.78 is 35.4. The van der Waals surface area contributed by atoms with Crippen LogP contribution in [0.15, 0.2) is 53.1 Å². The Balaban J connectivity index is 1.71. The summed E-state index contributed by atoms with van der Waals surface area (Å²) in [5.74, 6) is -0.324. The molecule has 0 aliphatic rings. The van der Waals surface area contributed by atoms with Crippen molar-refractivity contribution < 1.29 is 27.9 Å². The minimum atomic E-state index is -3.29. The first kappa shape index (κ1) is 20.7. The van der Waals surface area contributed by atoms with Crippen molar-refractivity contribution in [2.45, 2.75) is 19.1 Å². The van der Waals surface area contributed by atoms with E-state index in [1.165, 1.54) is 36.4 Å². The number of aliphatic hydroxyl groups excluding tert-OH is 1. The number of hydrogen-bond acceptors (Lipinski definition) is 6. The number of rotatable bonds is 7. The number of ether oxygens (including phenoxy) is 1. The number of amides is 1. The smallest absolute Gasteiger partial charge is 0.394 e. The van der Waals surface area contributed by atoms with Gasteiger partial charge in [0.2, 0.25) is 5.82 Å². The molecule has 2 aromatic carbocycles. The molecule has 0 aliphatic carbocycles. The molecule has 1 atom stereocenters. The number of aromatic nitrogens is 2. The molecule has 1 aromatic heterocycles. The second-order valence-corrected chi connectivity index (χ2v) is 6.54. The van der Waals surface area contributed by atoms with Crippen LogP contribution in [0, 0.1) is 0 Å². The van der Waals surface area contributed by atoms with Crippen molar-refractivity contribution in [2.75, 3.05) is 6.61 Å². The lowest BCUT2D eigenvalue weighted by molar-refractivity contribution is -0.158. The summed E-state index contributed by atoms with van der Waals surface area (Å²) in [6, 6.07) is 10.9. The Hall–Kier alpha value is -3.04. The Labute approximate surface area is 169 Å². The van der Waals surface area contributed by atoms with Crippen molar-refractivity contribution in [1.82, 2.24) is 15.5 Å². The highest BCUT2D eigenvalue weighted by Gasteiger charge is 2.24. The van der Waals surface area contributed by atoms with Gasteiger partial charge in [0.25, 0.3) is 11.8 Å². The third kappa shape index (κ3) is 5.49. The average molecular weight is 424 g/mol. The zero-order valence-corrected chi connectivity index (χ0v) is 15.9. The van der Waals surface area contributed by atoms with Crippen molar-refractivity contribution in [3.8, 4) is 17.1 Å². The molecule has 0 radical (unpaired) electrons. The first-order valence-corrected chi connectivity index (χ1v) is 8.81. The van der Waals surface area contributed by atoms with Gasteiger partial charge in [-0.2, -0.15) is 13.8 Å². The summed E-state index contributed by atoms with van der Waals surface area (Å²) in [6.07, 6.45) is -3.29. The maximum Gasteiger partial charge on any atom is 0.394 e. The second kappa shape index (κ2) is 8.54. The average Bonchev–Trinajstić information content (AvgIpc) is 3.15. The van der Waals surface area contributed by atoms with E-state index in [1.54, 1.807) is 12.1 Å². The molecule has 0 aliphatic heterocycles. The molecule has 0 saturated heterocycles. The monoisotopic (exact) mass is 423 g/mol. The van der Waals surface area contributed by atoms with Crippen LogP contribution in [0.25, 0.3) is 11.4 Å². The van der Waals surface area contributed by atoms with Crippen LogP contribution in [0.2, 0.25) is 5.02 Å². The molecule has 0 saturated carbocycles. The van der Waals surface area contributed by atoms with Gasteiger partial charge in [-0.3, -0.25) is 4.79 Å². The predicted molar refractivity (Wildman–Crippen MR) is 99.7 cm³/mol. The molecule has 1 heterocycles. The standard InChI is InChI=1S/C19H16ClF2N3O4/c1-19(21,22)28-14-8-4-11(5-9-14)16-24-18(29-25-16)15(10-26)23-17(27)12-2-6-13(20)7-3-12/h2-9,15,26H,10H2,1H3,(H,23,27)/t15-/m0/s1. The first-order chi connectivity index (χ1) is 13.7. The Morgan fingerprint density at radius 1 is 1.24 bits per heavy atom. The summed E-state index contributed by atoms with van der Waals surface area (Å²) in [6.45, 7) is 0.166. The largest absolute Gasteiger partial charge is 0.433 e. The minimum Gasteiger partial charge on any atom is -0.433 e. The zero-order chi connectivity index (χ0) is 21.0. The predicted octanol–water partition coefficient (Wildman–Crippen LogP) is 3.84. The number of nitrogens with one attached hydrogen (secondary N) is 1. The lowest BCUT2D eigenvalue weighted by atomic mass is 10.2. The van der Waals surface area contributed by atoms with Crippen LogP contribution in [0.1, 0.15) is 29.2 Å². The summed E-state index contributed by atoms with van der Waals surface area (Å²) in [5, 5.41) is 16.5.